The number of rotatable bonds is 4. The highest BCUT2D eigenvalue weighted by atomic mass is 32.2. The summed E-state index contributed by atoms with van der Waals surface area (Å²) < 4.78 is 0. The van der Waals surface area contributed by atoms with Crippen molar-refractivity contribution in [2.45, 2.75) is 29.7 Å². The summed E-state index contributed by atoms with van der Waals surface area (Å²) in [6, 6.07) is 12.9. The number of nitrogens with zero attached hydrogens (tertiary/aromatic N) is 1. The van der Waals surface area contributed by atoms with E-state index in [9.17, 15) is 0 Å². The monoisotopic (exact) mass is 285 g/mol. The maximum Gasteiger partial charge on any atom is 0.0543 e. The van der Waals surface area contributed by atoms with Crippen LogP contribution in [0.3, 0.4) is 0 Å². The minimum absolute atomic E-state index is 0.127. The van der Waals surface area contributed by atoms with Crippen LogP contribution in [0.25, 0.3) is 0 Å². The fourth-order valence-electron chi connectivity index (χ4n) is 3.02. The third-order valence-corrected chi connectivity index (χ3v) is 4.80. The first-order valence-corrected chi connectivity index (χ1v) is 8.10. The number of thioether (sulfide) groups is 1. The molecule has 0 fully saturated rings. The second-order valence-electron chi connectivity index (χ2n) is 5.11. The van der Waals surface area contributed by atoms with Gasteiger partial charge in [-0.15, -0.1) is 11.8 Å². The minimum Gasteiger partial charge on any atom is -0.271 e. The molecule has 3 N–H and O–H groups in total. The molecule has 0 saturated heterocycles. The molecular weight excluding hydrogens is 266 g/mol. The first kappa shape index (κ1) is 13.6. The van der Waals surface area contributed by atoms with Crippen LogP contribution in [0.4, 0.5) is 0 Å². The van der Waals surface area contributed by atoms with Crippen molar-refractivity contribution in [3.8, 4) is 0 Å². The van der Waals surface area contributed by atoms with Crippen LogP contribution in [-0.4, -0.2) is 11.2 Å². The van der Waals surface area contributed by atoms with E-state index in [1.54, 1.807) is 11.8 Å². The average Bonchev–Trinajstić information content (AvgIpc) is 2.93. The summed E-state index contributed by atoms with van der Waals surface area (Å²) in [6.07, 6.45) is 6.16. The highest BCUT2D eigenvalue weighted by Crippen LogP contribution is 2.40. The van der Waals surface area contributed by atoms with Crippen LogP contribution in [0.1, 0.15) is 35.2 Å². The Bertz CT molecular complexity index is 583. The van der Waals surface area contributed by atoms with Gasteiger partial charge in [-0.05, 0) is 48.4 Å². The quantitative estimate of drug-likeness (QED) is 0.515. The van der Waals surface area contributed by atoms with Gasteiger partial charge >= 0.3 is 0 Å². The SMILES string of the molecule is CSc1ccc(C(NN)C2CCc3cccnc32)cc1. The van der Waals surface area contributed by atoms with Crippen molar-refractivity contribution in [3.05, 3.63) is 59.4 Å². The van der Waals surface area contributed by atoms with Gasteiger partial charge < -0.3 is 0 Å². The van der Waals surface area contributed by atoms with E-state index in [2.05, 4.69) is 47.0 Å². The lowest BCUT2D eigenvalue weighted by Crippen LogP contribution is -2.32. The van der Waals surface area contributed by atoms with Gasteiger partial charge in [0, 0.05) is 22.7 Å². The van der Waals surface area contributed by atoms with E-state index in [-0.39, 0.29) is 6.04 Å². The number of pyridine rings is 1. The molecule has 0 aliphatic heterocycles. The van der Waals surface area contributed by atoms with Crippen molar-refractivity contribution in [1.82, 2.24) is 10.4 Å². The van der Waals surface area contributed by atoms with Crippen LogP contribution in [0.5, 0.6) is 0 Å². The summed E-state index contributed by atoms with van der Waals surface area (Å²) in [4.78, 5) is 5.84. The van der Waals surface area contributed by atoms with E-state index in [4.69, 9.17) is 5.84 Å². The molecule has 20 heavy (non-hydrogen) atoms. The first-order chi connectivity index (χ1) is 9.83. The third kappa shape index (κ3) is 2.46. The number of fused-ring (bicyclic) bond motifs is 1. The molecule has 2 unspecified atom stereocenters. The van der Waals surface area contributed by atoms with Crippen molar-refractivity contribution >= 4 is 11.8 Å². The third-order valence-electron chi connectivity index (χ3n) is 4.06. The lowest BCUT2D eigenvalue weighted by molar-refractivity contribution is 0.447. The molecule has 104 valence electrons. The standard InChI is InChI=1S/C16H19N3S/c1-20-13-7-4-12(5-8-13)16(19-17)14-9-6-11-3-2-10-18-15(11)14/h2-5,7-8,10,14,16,19H,6,9,17H2,1H3. The Morgan fingerprint density at radius 1 is 1.30 bits per heavy atom. The normalized spacial score (nSPS) is 18.8. The first-order valence-electron chi connectivity index (χ1n) is 6.87. The minimum atomic E-state index is 0.127. The van der Waals surface area contributed by atoms with Crippen molar-refractivity contribution in [2.24, 2.45) is 5.84 Å². The molecule has 4 heteroatoms. The molecule has 2 atom stereocenters. The molecule has 1 aromatic carbocycles. The van der Waals surface area contributed by atoms with E-state index in [0.29, 0.717) is 5.92 Å². The zero-order valence-corrected chi connectivity index (χ0v) is 12.4. The van der Waals surface area contributed by atoms with E-state index >= 15 is 0 Å². The van der Waals surface area contributed by atoms with Gasteiger partial charge in [0.1, 0.15) is 0 Å². The topological polar surface area (TPSA) is 50.9 Å². The van der Waals surface area contributed by atoms with Gasteiger partial charge in [0.05, 0.1) is 6.04 Å². The predicted octanol–water partition coefficient (Wildman–Crippen LogP) is 3.04. The summed E-state index contributed by atoms with van der Waals surface area (Å²) in [5.74, 6) is 6.19. The van der Waals surface area contributed by atoms with Gasteiger partial charge in [-0.2, -0.15) is 0 Å². The van der Waals surface area contributed by atoms with Crippen molar-refractivity contribution in [3.63, 3.8) is 0 Å². The van der Waals surface area contributed by atoms with Crippen molar-refractivity contribution in [1.29, 1.82) is 0 Å². The smallest absolute Gasteiger partial charge is 0.0543 e. The molecular formula is C16H19N3S. The molecule has 0 radical (unpaired) electrons. The van der Waals surface area contributed by atoms with Gasteiger partial charge in [-0.1, -0.05) is 18.2 Å². The molecule has 0 saturated carbocycles. The summed E-state index contributed by atoms with van der Waals surface area (Å²) in [7, 11) is 0. The maximum absolute atomic E-state index is 5.83. The van der Waals surface area contributed by atoms with Gasteiger partial charge in [0.2, 0.25) is 0 Å². The number of nitrogens with one attached hydrogen (secondary N) is 1. The number of hydrogen-bond donors (Lipinski definition) is 2. The highest BCUT2D eigenvalue weighted by molar-refractivity contribution is 7.98. The molecule has 0 spiro atoms. The van der Waals surface area contributed by atoms with Crippen LogP contribution in [0.2, 0.25) is 0 Å². The van der Waals surface area contributed by atoms with Gasteiger partial charge in [0.25, 0.3) is 0 Å². The molecule has 1 aromatic heterocycles. The van der Waals surface area contributed by atoms with Crippen LogP contribution >= 0.6 is 11.8 Å². The van der Waals surface area contributed by atoms with Crippen LogP contribution in [0, 0.1) is 0 Å². The van der Waals surface area contributed by atoms with Crippen LogP contribution < -0.4 is 11.3 Å². The number of aryl methyl sites for hydroxylation is 1. The zero-order chi connectivity index (χ0) is 13.9. The number of hydrazine groups is 1. The predicted molar refractivity (Wildman–Crippen MR) is 83.6 cm³/mol. The van der Waals surface area contributed by atoms with Crippen molar-refractivity contribution in [2.75, 3.05) is 6.26 Å². The lowest BCUT2D eigenvalue weighted by Gasteiger charge is -2.23. The Labute approximate surface area is 124 Å². The molecule has 3 nitrogen and oxygen atoms in total. The fraction of sp³-hybridized carbons (Fsp3) is 0.312. The average molecular weight is 285 g/mol. The largest absolute Gasteiger partial charge is 0.271 e. The Kier molecular flexibility index (Phi) is 4.05. The summed E-state index contributed by atoms with van der Waals surface area (Å²) in [5, 5.41) is 0. The maximum atomic E-state index is 5.83. The molecule has 2 aromatic rings. The molecule has 0 bridgehead atoms. The van der Waals surface area contributed by atoms with E-state index < -0.39 is 0 Å². The lowest BCUT2D eigenvalue weighted by atomic mass is 9.91. The Morgan fingerprint density at radius 3 is 2.80 bits per heavy atom. The van der Waals surface area contributed by atoms with Crippen molar-refractivity contribution < 1.29 is 0 Å². The number of hydrogen-bond acceptors (Lipinski definition) is 4. The Balaban J connectivity index is 1.90. The summed E-state index contributed by atoms with van der Waals surface area (Å²) in [5.41, 5.74) is 6.78. The summed E-state index contributed by atoms with van der Waals surface area (Å²) >= 11 is 1.75. The Morgan fingerprint density at radius 2 is 2.10 bits per heavy atom. The molecule has 3 rings (SSSR count). The van der Waals surface area contributed by atoms with Gasteiger partial charge in [-0.3, -0.25) is 16.3 Å². The summed E-state index contributed by atoms with van der Waals surface area (Å²) in [6.45, 7) is 0. The van der Waals surface area contributed by atoms with E-state index in [0.717, 1.165) is 12.8 Å². The number of benzene rings is 1. The van der Waals surface area contributed by atoms with E-state index in [1.165, 1.54) is 21.7 Å². The van der Waals surface area contributed by atoms with Gasteiger partial charge in [-0.25, -0.2) is 0 Å². The Hall–Kier alpha value is -1.36. The molecule has 1 aliphatic rings. The number of aromatic nitrogens is 1. The second-order valence-corrected chi connectivity index (χ2v) is 5.99. The zero-order valence-electron chi connectivity index (χ0n) is 11.5. The van der Waals surface area contributed by atoms with Crippen LogP contribution in [-0.2, 0) is 6.42 Å². The molecule has 1 heterocycles. The molecule has 0 amide bonds. The highest BCUT2D eigenvalue weighted by Gasteiger charge is 2.31. The van der Waals surface area contributed by atoms with Gasteiger partial charge in [0.15, 0.2) is 0 Å². The fourth-order valence-corrected chi connectivity index (χ4v) is 3.43. The van der Waals surface area contributed by atoms with E-state index in [1.807, 2.05) is 12.3 Å². The van der Waals surface area contributed by atoms with Crippen LogP contribution in [0.15, 0.2) is 47.5 Å². The number of nitrogens with two attached hydrogens (primary N) is 1. The second kappa shape index (κ2) is 5.95. The molecule has 1 aliphatic carbocycles.